The van der Waals surface area contributed by atoms with E-state index in [0.29, 0.717) is 29.4 Å². The van der Waals surface area contributed by atoms with Gasteiger partial charge in [-0.15, -0.1) is 0 Å². The molecule has 0 spiro atoms. The maximum absolute atomic E-state index is 13.0. The third kappa shape index (κ3) is 5.02. The van der Waals surface area contributed by atoms with E-state index in [-0.39, 0.29) is 17.1 Å². The molecule has 0 saturated carbocycles. The van der Waals surface area contributed by atoms with Crippen molar-refractivity contribution in [2.45, 2.75) is 19.8 Å². The molecule has 1 aliphatic carbocycles. The lowest BCUT2D eigenvalue weighted by molar-refractivity contribution is -0.129. The summed E-state index contributed by atoms with van der Waals surface area (Å²) in [6, 6.07) is 8.89. The van der Waals surface area contributed by atoms with Crippen molar-refractivity contribution < 1.29 is 14.0 Å². The number of likely N-dealkylation sites (N-methyl/N-ethyl adjacent to an activating group) is 1. The summed E-state index contributed by atoms with van der Waals surface area (Å²) in [5.74, 6) is -0.321. The fraction of sp³-hybridized carbons (Fsp3) is 0.444. The van der Waals surface area contributed by atoms with E-state index in [1.807, 2.05) is 35.2 Å². The Balaban J connectivity index is 1.33. The number of hydrogen-bond acceptors (Lipinski definition) is 7. The fourth-order valence-corrected chi connectivity index (χ4v) is 5.10. The Morgan fingerprint density at radius 3 is 2.25 bits per heavy atom. The van der Waals surface area contributed by atoms with Crippen LogP contribution >= 0.6 is 0 Å². The van der Waals surface area contributed by atoms with Crippen LogP contribution in [0.15, 0.2) is 39.5 Å². The Labute approximate surface area is 210 Å². The van der Waals surface area contributed by atoms with Crippen LogP contribution in [0.4, 0.5) is 11.4 Å². The molecule has 3 heterocycles. The Hall–Kier alpha value is -3.59. The van der Waals surface area contributed by atoms with Crippen LogP contribution in [0.1, 0.15) is 30.3 Å². The maximum atomic E-state index is 13.0. The number of rotatable bonds is 4. The minimum atomic E-state index is -0.443. The van der Waals surface area contributed by atoms with Gasteiger partial charge in [-0.1, -0.05) is 6.08 Å². The summed E-state index contributed by atoms with van der Waals surface area (Å²) in [6.07, 6.45) is 3.51. The smallest absolute Gasteiger partial charge is 0.291 e. The fourth-order valence-electron chi connectivity index (χ4n) is 5.10. The number of amides is 2. The quantitative estimate of drug-likeness (QED) is 0.666. The normalized spacial score (nSPS) is 18.5. The van der Waals surface area contributed by atoms with Crippen LogP contribution in [0, 0.1) is 0 Å². The molecule has 1 aromatic heterocycles. The van der Waals surface area contributed by atoms with Crippen LogP contribution in [0.2, 0.25) is 0 Å². The monoisotopic (exact) mass is 491 g/mol. The zero-order valence-electron chi connectivity index (χ0n) is 21.0. The molecule has 0 bridgehead atoms. The Kier molecular flexibility index (Phi) is 6.82. The van der Waals surface area contributed by atoms with Crippen molar-refractivity contribution in [1.82, 2.24) is 14.7 Å². The van der Waals surface area contributed by atoms with Gasteiger partial charge in [-0.2, -0.15) is 0 Å². The molecular formula is C27H33N5O4. The van der Waals surface area contributed by atoms with Crippen LogP contribution < -0.4 is 26.3 Å². The number of carbonyl (C=O) groups is 2. The average molecular weight is 492 g/mol. The molecule has 0 unspecified atom stereocenters. The van der Waals surface area contributed by atoms with Gasteiger partial charge in [0.2, 0.25) is 5.91 Å². The van der Waals surface area contributed by atoms with E-state index in [2.05, 4.69) is 27.1 Å². The third-order valence-corrected chi connectivity index (χ3v) is 7.30. The average Bonchev–Trinajstić information content (AvgIpc) is 2.89. The van der Waals surface area contributed by atoms with Gasteiger partial charge in [0.05, 0.1) is 10.9 Å². The molecule has 1 aromatic carbocycles. The van der Waals surface area contributed by atoms with Gasteiger partial charge in [0.25, 0.3) is 5.91 Å². The second-order valence-electron chi connectivity index (χ2n) is 9.69. The lowest BCUT2D eigenvalue weighted by Gasteiger charge is -2.35. The molecule has 0 radical (unpaired) electrons. The molecule has 9 nitrogen and oxygen atoms in total. The number of hydrogen-bond donors (Lipinski definition) is 1. The number of fused-ring (bicyclic) bond motifs is 1. The van der Waals surface area contributed by atoms with Crippen molar-refractivity contribution in [3.8, 4) is 0 Å². The summed E-state index contributed by atoms with van der Waals surface area (Å²) >= 11 is 0. The first-order valence-corrected chi connectivity index (χ1v) is 12.6. The molecule has 36 heavy (non-hydrogen) atoms. The SMILES string of the molecule is CC(=O)N1CCN(c2ccc(NC(=O)c3cc(=O)c4c(o3)=C(N3CCN(C)CC3)CCC=4)cc2)CC1. The minimum absolute atomic E-state index is 0.0186. The first-order chi connectivity index (χ1) is 17.4. The lowest BCUT2D eigenvalue weighted by Crippen LogP contribution is -2.49. The zero-order chi connectivity index (χ0) is 25.2. The van der Waals surface area contributed by atoms with Crippen LogP contribution in [0.25, 0.3) is 11.8 Å². The molecule has 0 atom stereocenters. The highest BCUT2D eigenvalue weighted by Gasteiger charge is 2.22. The van der Waals surface area contributed by atoms with Crippen molar-refractivity contribution in [3.05, 3.63) is 56.9 Å². The van der Waals surface area contributed by atoms with Crippen molar-refractivity contribution in [3.63, 3.8) is 0 Å². The molecular weight excluding hydrogens is 458 g/mol. The lowest BCUT2D eigenvalue weighted by atomic mass is 10.1. The van der Waals surface area contributed by atoms with Crippen molar-refractivity contribution in [2.24, 2.45) is 0 Å². The van der Waals surface area contributed by atoms with Gasteiger partial charge >= 0.3 is 0 Å². The second kappa shape index (κ2) is 10.2. The van der Waals surface area contributed by atoms with Gasteiger partial charge in [0.1, 0.15) is 0 Å². The van der Waals surface area contributed by atoms with E-state index in [0.717, 1.165) is 63.5 Å². The van der Waals surface area contributed by atoms with Crippen LogP contribution in [0.5, 0.6) is 0 Å². The molecule has 5 rings (SSSR count). The summed E-state index contributed by atoms with van der Waals surface area (Å²) in [5, 5.41) is 3.42. The highest BCUT2D eigenvalue weighted by molar-refractivity contribution is 6.02. The van der Waals surface area contributed by atoms with E-state index in [9.17, 15) is 14.4 Å². The van der Waals surface area contributed by atoms with Gasteiger partial charge in [0.15, 0.2) is 16.6 Å². The molecule has 2 aliphatic heterocycles. The predicted octanol–water partition coefficient (Wildman–Crippen LogP) is 0.491. The molecule has 2 fully saturated rings. The number of anilines is 2. The van der Waals surface area contributed by atoms with E-state index < -0.39 is 5.91 Å². The summed E-state index contributed by atoms with van der Waals surface area (Å²) in [6.45, 7) is 8.21. The van der Waals surface area contributed by atoms with E-state index in [1.54, 1.807) is 6.92 Å². The van der Waals surface area contributed by atoms with Gasteiger partial charge in [-0.25, -0.2) is 0 Å². The molecule has 2 saturated heterocycles. The van der Waals surface area contributed by atoms with E-state index in [1.165, 1.54) is 6.07 Å². The number of nitrogens with one attached hydrogen (secondary N) is 1. The van der Waals surface area contributed by atoms with Gasteiger partial charge in [-0.05, 0) is 44.2 Å². The molecule has 3 aliphatic rings. The van der Waals surface area contributed by atoms with Crippen LogP contribution in [-0.4, -0.2) is 85.9 Å². The van der Waals surface area contributed by atoms with Gasteiger partial charge in [0, 0.05) is 76.7 Å². The number of nitrogens with zero attached hydrogens (tertiary/aromatic N) is 4. The largest absolute Gasteiger partial charge is 0.449 e. The van der Waals surface area contributed by atoms with E-state index in [4.69, 9.17) is 4.42 Å². The number of carbonyl (C=O) groups excluding carboxylic acids is 2. The van der Waals surface area contributed by atoms with Crippen LogP contribution in [0.3, 0.4) is 0 Å². The predicted molar refractivity (Wildman–Crippen MR) is 139 cm³/mol. The number of piperazine rings is 2. The first-order valence-electron chi connectivity index (χ1n) is 12.6. The summed E-state index contributed by atoms with van der Waals surface area (Å²) in [4.78, 5) is 46.1. The molecule has 9 heteroatoms. The molecule has 190 valence electrons. The van der Waals surface area contributed by atoms with Gasteiger partial charge < -0.3 is 29.3 Å². The maximum Gasteiger partial charge on any atom is 0.291 e. The highest BCUT2D eigenvalue weighted by atomic mass is 16.3. The van der Waals surface area contributed by atoms with Gasteiger partial charge in [-0.3, -0.25) is 14.4 Å². The number of benzene rings is 1. The Morgan fingerprint density at radius 1 is 0.917 bits per heavy atom. The first kappa shape index (κ1) is 24.1. The van der Waals surface area contributed by atoms with Crippen LogP contribution in [-0.2, 0) is 4.79 Å². The second-order valence-corrected chi connectivity index (χ2v) is 9.69. The van der Waals surface area contributed by atoms with Crippen molar-refractivity contribution >= 4 is 35.0 Å². The minimum Gasteiger partial charge on any atom is -0.449 e. The van der Waals surface area contributed by atoms with Crippen molar-refractivity contribution in [2.75, 3.05) is 69.6 Å². The van der Waals surface area contributed by atoms with E-state index >= 15 is 0 Å². The zero-order valence-corrected chi connectivity index (χ0v) is 21.0. The molecule has 1 N–H and O–H groups in total. The molecule has 2 aromatic rings. The highest BCUT2D eigenvalue weighted by Crippen LogP contribution is 2.20. The Morgan fingerprint density at radius 2 is 1.58 bits per heavy atom. The summed E-state index contributed by atoms with van der Waals surface area (Å²) in [7, 11) is 2.11. The topological polar surface area (TPSA) is 89.3 Å². The Bertz CT molecular complexity index is 1320. The molecule has 2 amide bonds. The summed E-state index contributed by atoms with van der Waals surface area (Å²) < 4.78 is 6.08. The summed E-state index contributed by atoms with van der Waals surface area (Å²) in [5.41, 5.74) is 3.03. The standard InChI is InChI=1S/C27H33N5O4/c1-19(33)30-14-16-31(17-15-30)21-8-6-20(7-9-21)28-27(35)25-18-24(34)22-4-3-5-23(26(22)36-25)32-12-10-29(2)11-13-32/h4,6-9,18H,3,5,10-17H2,1-2H3,(H,28,35). The van der Waals surface area contributed by atoms with Crippen molar-refractivity contribution in [1.29, 1.82) is 0 Å². The third-order valence-electron chi connectivity index (χ3n) is 7.30.